The van der Waals surface area contributed by atoms with Gasteiger partial charge in [0, 0.05) is 47.7 Å². The molecule has 0 radical (unpaired) electrons. The van der Waals surface area contributed by atoms with Crippen LogP contribution in [0.15, 0.2) is 47.7 Å². The van der Waals surface area contributed by atoms with E-state index in [1.807, 2.05) is 24.4 Å². The minimum Gasteiger partial charge on any atom is -0.361 e. The minimum atomic E-state index is -0.142. The summed E-state index contributed by atoms with van der Waals surface area (Å²) in [6, 6.07) is 9.12. The number of rotatable bonds is 5. The summed E-state index contributed by atoms with van der Waals surface area (Å²) < 4.78 is 1.55. The second kappa shape index (κ2) is 7.15. The van der Waals surface area contributed by atoms with Gasteiger partial charge in [-0.25, -0.2) is 4.98 Å². The number of fused-ring (bicyclic) bond motifs is 1. The third-order valence-electron chi connectivity index (χ3n) is 5.13. The van der Waals surface area contributed by atoms with Gasteiger partial charge in [-0.05, 0) is 37.1 Å². The quantitative estimate of drug-likeness (QED) is 0.742. The van der Waals surface area contributed by atoms with Crippen molar-refractivity contribution >= 4 is 16.8 Å². The lowest BCUT2D eigenvalue weighted by atomic mass is 10.0. The van der Waals surface area contributed by atoms with Crippen molar-refractivity contribution < 1.29 is 4.79 Å². The zero-order valence-electron chi connectivity index (χ0n) is 14.6. The van der Waals surface area contributed by atoms with E-state index in [0.717, 1.165) is 29.4 Å². The van der Waals surface area contributed by atoms with Gasteiger partial charge in [0.1, 0.15) is 0 Å². The zero-order valence-corrected chi connectivity index (χ0v) is 14.6. The third kappa shape index (κ3) is 3.40. The van der Waals surface area contributed by atoms with Crippen molar-refractivity contribution in [2.24, 2.45) is 0 Å². The molecule has 1 fully saturated rings. The number of benzene rings is 1. The molecule has 2 N–H and O–H groups in total. The summed E-state index contributed by atoms with van der Waals surface area (Å²) in [5, 5.41) is 3.87. The number of hydrogen-bond donors (Lipinski definition) is 2. The van der Waals surface area contributed by atoms with Gasteiger partial charge in [0.05, 0.1) is 12.0 Å². The van der Waals surface area contributed by atoms with Crippen LogP contribution in [0.5, 0.6) is 0 Å². The SMILES string of the molecule is O=C(NCCn1cnc(C2CCCC2)cc1=O)c1ccc2[nH]ccc2c1. The number of carbonyl (C=O) groups is 1. The Balaban J connectivity index is 1.36. The van der Waals surface area contributed by atoms with Gasteiger partial charge >= 0.3 is 0 Å². The molecule has 0 saturated heterocycles. The van der Waals surface area contributed by atoms with Gasteiger partial charge in [-0.2, -0.15) is 0 Å². The highest BCUT2D eigenvalue weighted by Crippen LogP contribution is 2.32. The number of hydrogen-bond acceptors (Lipinski definition) is 3. The topological polar surface area (TPSA) is 79.8 Å². The Kier molecular flexibility index (Phi) is 4.56. The average molecular weight is 350 g/mol. The van der Waals surface area contributed by atoms with Crippen LogP contribution in [0.4, 0.5) is 0 Å². The molecule has 4 rings (SSSR count). The summed E-state index contributed by atoms with van der Waals surface area (Å²) >= 11 is 0. The average Bonchev–Trinajstić information content (AvgIpc) is 3.34. The molecule has 1 amide bonds. The fourth-order valence-corrected chi connectivity index (χ4v) is 3.64. The third-order valence-corrected chi connectivity index (χ3v) is 5.13. The van der Waals surface area contributed by atoms with Gasteiger partial charge in [-0.15, -0.1) is 0 Å². The summed E-state index contributed by atoms with van der Waals surface area (Å²) in [4.78, 5) is 32.1. The number of nitrogens with zero attached hydrogens (tertiary/aromatic N) is 2. The zero-order chi connectivity index (χ0) is 17.9. The van der Waals surface area contributed by atoms with E-state index >= 15 is 0 Å². The maximum absolute atomic E-state index is 12.3. The van der Waals surface area contributed by atoms with Crippen LogP contribution >= 0.6 is 0 Å². The van der Waals surface area contributed by atoms with E-state index in [4.69, 9.17) is 0 Å². The first-order chi connectivity index (χ1) is 12.7. The van der Waals surface area contributed by atoms with Gasteiger partial charge in [0.15, 0.2) is 0 Å². The fourth-order valence-electron chi connectivity index (χ4n) is 3.64. The predicted molar refractivity (Wildman–Crippen MR) is 100 cm³/mol. The standard InChI is InChI=1S/C20H22N4O2/c25-19-12-18(14-3-1-2-4-14)23-13-24(19)10-9-22-20(26)16-5-6-17-15(11-16)7-8-21-17/h5-8,11-14,21H,1-4,9-10H2,(H,22,26). The van der Waals surface area contributed by atoms with E-state index < -0.39 is 0 Å². The second-order valence-corrected chi connectivity index (χ2v) is 6.86. The number of carbonyl (C=O) groups excluding carboxylic acids is 1. The highest BCUT2D eigenvalue weighted by molar-refractivity contribution is 5.98. The molecular weight excluding hydrogens is 328 g/mol. The Morgan fingerprint density at radius 2 is 2.08 bits per heavy atom. The summed E-state index contributed by atoms with van der Waals surface area (Å²) in [6.45, 7) is 0.795. The van der Waals surface area contributed by atoms with Crippen LogP contribution in [0.1, 0.15) is 47.7 Å². The first-order valence-electron chi connectivity index (χ1n) is 9.12. The van der Waals surface area contributed by atoms with Crippen LogP contribution in [0.2, 0.25) is 0 Å². The smallest absolute Gasteiger partial charge is 0.253 e. The van der Waals surface area contributed by atoms with Crippen molar-refractivity contribution in [2.45, 2.75) is 38.1 Å². The molecule has 0 atom stereocenters. The van der Waals surface area contributed by atoms with Crippen LogP contribution in [0.25, 0.3) is 10.9 Å². The Morgan fingerprint density at radius 3 is 2.88 bits per heavy atom. The molecule has 0 aliphatic heterocycles. The maximum Gasteiger partial charge on any atom is 0.253 e. The molecule has 1 aliphatic rings. The largest absolute Gasteiger partial charge is 0.361 e. The van der Waals surface area contributed by atoms with E-state index in [0.29, 0.717) is 24.6 Å². The van der Waals surface area contributed by atoms with Gasteiger partial charge < -0.3 is 10.3 Å². The van der Waals surface area contributed by atoms with E-state index in [2.05, 4.69) is 15.3 Å². The molecular formula is C20H22N4O2. The van der Waals surface area contributed by atoms with Gasteiger partial charge in [0.2, 0.25) is 0 Å². The maximum atomic E-state index is 12.3. The Hall–Kier alpha value is -2.89. The lowest BCUT2D eigenvalue weighted by molar-refractivity contribution is 0.0952. The first kappa shape index (κ1) is 16.6. The molecule has 2 aromatic heterocycles. The van der Waals surface area contributed by atoms with Crippen molar-refractivity contribution in [3.63, 3.8) is 0 Å². The molecule has 0 unspecified atom stereocenters. The van der Waals surface area contributed by atoms with Crippen molar-refractivity contribution in [1.82, 2.24) is 19.9 Å². The molecule has 3 aromatic rings. The normalized spacial score (nSPS) is 14.8. The number of aromatic nitrogens is 3. The van der Waals surface area contributed by atoms with Gasteiger partial charge in [-0.1, -0.05) is 12.8 Å². The number of aromatic amines is 1. The van der Waals surface area contributed by atoms with Crippen LogP contribution in [-0.2, 0) is 6.54 Å². The van der Waals surface area contributed by atoms with Gasteiger partial charge in [-0.3, -0.25) is 14.2 Å². The Labute approximate surface area is 151 Å². The highest BCUT2D eigenvalue weighted by Gasteiger charge is 2.18. The molecule has 1 aromatic carbocycles. The van der Waals surface area contributed by atoms with Crippen LogP contribution < -0.4 is 10.9 Å². The fraction of sp³-hybridized carbons (Fsp3) is 0.350. The van der Waals surface area contributed by atoms with Crippen molar-refractivity contribution in [3.8, 4) is 0 Å². The first-order valence-corrected chi connectivity index (χ1v) is 9.12. The van der Waals surface area contributed by atoms with E-state index in [9.17, 15) is 9.59 Å². The molecule has 6 nitrogen and oxygen atoms in total. The van der Waals surface area contributed by atoms with E-state index in [-0.39, 0.29) is 11.5 Å². The second-order valence-electron chi connectivity index (χ2n) is 6.86. The van der Waals surface area contributed by atoms with Crippen LogP contribution in [0, 0.1) is 0 Å². The van der Waals surface area contributed by atoms with Crippen LogP contribution in [-0.4, -0.2) is 27.0 Å². The lowest BCUT2D eigenvalue weighted by Gasteiger charge is -2.11. The molecule has 0 spiro atoms. The minimum absolute atomic E-state index is 0.0510. The Morgan fingerprint density at radius 1 is 1.23 bits per heavy atom. The summed E-state index contributed by atoms with van der Waals surface area (Å²) in [5.74, 6) is 0.289. The molecule has 1 saturated carbocycles. The summed E-state index contributed by atoms with van der Waals surface area (Å²) in [5.41, 5.74) is 2.47. The molecule has 2 heterocycles. The van der Waals surface area contributed by atoms with Crippen LogP contribution in [0.3, 0.4) is 0 Å². The summed E-state index contributed by atoms with van der Waals surface area (Å²) in [6.07, 6.45) is 8.14. The molecule has 6 heteroatoms. The lowest BCUT2D eigenvalue weighted by Crippen LogP contribution is -2.31. The highest BCUT2D eigenvalue weighted by atomic mass is 16.1. The van der Waals surface area contributed by atoms with E-state index in [1.165, 1.54) is 12.8 Å². The van der Waals surface area contributed by atoms with Crippen molar-refractivity contribution in [1.29, 1.82) is 0 Å². The monoisotopic (exact) mass is 350 g/mol. The van der Waals surface area contributed by atoms with Gasteiger partial charge in [0.25, 0.3) is 11.5 Å². The Bertz CT molecular complexity index is 983. The molecule has 26 heavy (non-hydrogen) atoms. The molecule has 1 aliphatic carbocycles. The number of nitrogens with one attached hydrogen (secondary N) is 2. The van der Waals surface area contributed by atoms with Crippen molar-refractivity contribution in [2.75, 3.05) is 6.54 Å². The number of H-pyrrole nitrogens is 1. The number of amides is 1. The van der Waals surface area contributed by atoms with Crippen molar-refractivity contribution in [3.05, 3.63) is 64.5 Å². The van der Waals surface area contributed by atoms with E-state index in [1.54, 1.807) is 23.0 Å². The summed E-state index contributed by atoms with van der Waals surface area (Å²) in [7, 11) is 0. The molecule has 134 valence electrons. The molecule has 0 bridgehead atoms. The predicted octanol–water partition coefficient (Wildman–Crippen LogP) is 2.81.